The van der Waals surface area contributed by atoms with Gasteiger partial charge in [0.05, 0.1) is 7.11 Å². The summed E-state index contributed by atoms with van der Waals surface area (Å²) in [4.78, 5) is 27.5. The molecule has 27 heavy (non-hydrogen) atoms. The molecule has 1 aliphatic heterocycles. The van der Waals surface area contributed by atoms with Crippen LogP contribution >= 0.6 is 12.2 Å². The van der Waals surface area contributed by atoms with Crippen LogP contribution in [-0.4, -0.2) is 54.5 Å². The molecule has 0 atom stereocenters. The first-order valence-corrected chi connectivity index (χ1v) is 8.39. The van der Waals surface area contributed by atoms with E-state index in [0.717, 1.165) is 5.56 Å². The van der Waals surface area contributed by atoms with E-state index >= 15 is 0 Å². The number of benzene rings is 1. The van der Waals surface area contributed by atoms with Gasteiger partial charge >= 0.3 is 0 Å². The van der Waals surface area contributed by atoms with Crippen molar-refractivity contribution in [3.05, 3.63) is 41.5 Å². The zero-order valence-corrected chi connectivity index (χ0v) is 16.1. The maximum absolute atomic E-state index is 12.5. The Kier molecular flexibility index (Phi) is 6.32. The molecule has 0 N–H and O–H groups in total. The van der Waals surface area contributed by atoms with E-state index in [-0.39, 0.29) is 17.3 Å². The van der Waals surface area contributed by atoms with E-state index in [9.17, 15) is 9.59 Å². The van der Waals surface area contributed by atoms with E-state index in [2.05, 4.69) is 6.58 Å². The predicted molar refractivity (Wildman–Crippen MR) is 104 cm³/mol. The Bertz CT molecular complexity index is 860. The molecule has 2 rings (SSSR count). The first-order valence-electron chi connectivity index (χ1n) is 7.99. The number of carbonyl (C=O) groups is 2. The Balaban J connectivity index is 2.56. The van der Waals surface area contributed by atoms with Gasteiger partial charge in [0.1, 0.15) is 11.6 Å². The minimum Gasteiger partial charge on any atom is -0.493 e. The summed E-state index contributed by atoms with van der Waals surface area (Å²) in [5, 5.41) is 8.92. The van der Waals surface area contributed by atoms with E-state index in [1.54, 1.807) is 18.2 Å². The zero-order valence-electron chi connectivity index (χ0n) is 15.3. The number of nitrogens with zero attached hydrogens (tertiary/aromatic N) is 3. The summed E-state index contributed by atoms with van der Waals surface area (Å²) in [5.74, 6) is -0.128. The zero-order chi connectivity index (χ0) is 20.1. The van der Waals surface area contributed by atoms with Gasteiger partial charge in [0.2, 0.25) is 0 Å². The number of ether oxygens (including phenoxy) is 2. The summed E-state index contributed by atoms with van der Waals surface area (Å²) < 4.78 is 10.8. The second-order valence-electron chi connectivity index (χ2n) is 5.72. The van der Waals surface area contributed by atoms with Crippen LogP contribution in [0.1, 0.15) is 11.1 Å². The van der Waals surface area contributed by atoms with E-state index in [4.69, 9.17) is 27.0 Å². The van der Waals surface area contributed by atoms with Crippen molar-refractivity contribution in [3.8, 4) is 17.6 Å². The molecule has 0 spiro atoms. The molecule has 140 valence electrons. The fourth-order valence-corrected chi connectivity index (χ4v) is 2.80. The smallest absolute Gasteiger partial charge is 0.265 e. The number of methoxy groups -OCH3 is 1. The van der Waals surface area contributed by atoms with Gasteiger partial charge in [-0.15, -0.1) is 6.58 Å². The molecule has 1 aromatic carbocycles. The van der Waals surface area contributed by atoms with Gasteiger partial charge < -0.3 is 9.47 Å². The van der Waals surface area contributed by atoms with Crippen LogP contribution in [0.2, 0.25) is 0 Å². The summed E-state index contributed by atoms with van der Waals surface area (Å²) in [7, 11) is 4.51. The third kappa shape index (κ3) is 3.99. The molecule has 1 aromatic rings. The van der Waals surface area contributed by atoms with Crippen LogP contribution in [0.3, 0.4) is 0 Å². The van der Waals surface area contributed by atoms with Gasteiger partial charge in [-0.05, 0) is 42.4 Å². The fraction of sp³-hybridized carbons (Fsp3) is 0.263. The lowest BCUT2D eigenvalue weighted by atomic mass is 10.0. The normalized spacial score (nSPS) is 14.1. The number of nitriles is 1. The van der Waals surface area contributed by atoms with Crippen molar-refractivity contribution in [2.75, 3.05) is 27.8 Å². The maximum Gasteiger partial charge on any atom is 0.265 e. The van der Waals surface area contributed by atoms with E-state index in [1.165, 1.54) is 37.1 Å². The predicted octanol–water partition coefficient (Wildman–Crippen LogP) is 1.92. The lowest BCUT2D eigenvalue weighted by Crippen LogP contribution is -2.52. The monoisotopic (exact) mass is 385 g/mol. The van der Waals surface area contributed by atoms with Gasteiger partial charge in [0, 0.05) is 19.7 Å². The highest BCUT2D eigenvalue weighted by Crippen LogP contribution is 2.34. The van der Waals surface area contributed by atoms with E-state index in [0.29, 0.717) is 23.5 Å². The molecule has 1 aliphatic rings. The number of rotatable bonds is 6. The second-order valence-corrected chi connectivity index (χ2v) is 6.09. The Morgan fingerprint density at radius 2 is 1.89 bits per heavy atom. The first kappa shape index (κ1) is 20.1. The van der Waals surface area contributed by atoms with Crippen molar-refractivity contribution in [3.63, 3.8) is 0 Å². The van der Waals surface area contributed by atoms with Gasteiger partial charge in [-0.25, -0.2) is 0 Å². The number of amides is 2. The molecular formula is C19H19N3O4S. The van der Waals surface area contributed by atoms with Gasteiger partial charge in [0.15, 0.2) is 23.2 Å². The summed E-state index contributed by atoms with van der Waals surface area (Å²) in [6.45, 7) is 3.58. The van der Waals surface area contributed by atoms with Gasteiger partial charge in [-0.2, -0.15) is 5.26 Å². The number of carbonyl (C=O) groups excluding carboxylic acids is 2. The average molecular weight is 385 g/mol. The molecule has 0 saturated carbocycles. The van der Waals surface area contributed by atoms with Crippen LogP contribution in [-0.2, 0) is 16.0 Å². The Labute approximate surface area is 163 Å². The topological polar surface area (TPSA) is 82.9 Å². The molecule has 0 bridgehead atoms. The number of allylic oxidation sites excluding steroid dienone is 1. The van der Waals surface area contributed by atoms with E-state index in [1.807, 2.05) is 6.07 Å². The SMILES string of the molecule is C=CCc1cc(C=C2C(=O)N(C)C(=S)N(C)C2=O)cc(OC)c1OCC#N. The number of hydrogen-bond acceptors (Lipinski definition) is 6. The summed E-state index contributed by atoms with van der Waals surface area (Å²) in [6.07, 6.45) is 3.63. The molecule has 0 unspecified atom stereocenters. The third-order valence-corrected chi connectivity index (χ3v) is 4.52. The van der Waals surface area contributed by atoms with Gasteiger partial charge in [0.25, 0.3) is 11.8 Å². The van der Waals surface area contributed by atoms with Crippen molar-refractivity contribution in [1.82, 2.24) is 9.80 Å². The van der Waals surface area contributed by atoms with Crippen molar-refractivity contribution in [1.29, 1.82) is 5.26 Å². The second kappa shape index (κ2) is 8.47. The van der Waals surface area contributed by atoms with Crippen LogP contribution in [0.15, 0.2) is 30.4 Å². The van der Waals surface area contributed by atoms with Crippen LogP contribution in [0.25, 0.3) is 6.08 Å². The van der Waals surface area contributed by atoms with Crippen molar-refractivity contribution >= 4 is 35.2 Å². The largest absolute Gasteiger partial charge is 0.493 e. The number of likely N-dealkylation sites (N-methyl/N-ethyl adjacent to an activating group) is 2. The quantitative estimate of drug-likeness (QED) is 0.322. The van der Waals surface area contributed by atoms with Crippen molar-refractivity contribution in [2.45, 2.75) is 6.42 Å². The number of thiocarbonyl (C=S) groups is 1. The molecule has 8 heteroatoms. The first-order chi connectivity index (χ1) is 12.8. The average Bonchev–Trinajstić information content (AvgIpc) is 2.67. The standard InChI is InChI=1S/C19H19N3O4S/c1-5-6-13-9-12(11-15(25-4)16(13)26-8-7-20)10-14-17(23)21(2)19(27)22(3)18(14)24/h5,9-11H,1,6,8H2,2-4H3. The molecule has 1 fully saturated rings. The molecule has 1 saturated heterocycles. The van der Waals surface area contributed by atoms with Crippen LogP contribution < -0.4 is 9.47 Å². The Morgan fingerprint density at radius 3 is 2.41 bits per heavy atom. The molecule has 0 radical (unpaired) electrons. The van der Waals surface area contributed by atoms with Crippen LogP contribution in [0.4, 0.5) is 0 Å². The third-order valence-electron chi connectivity index (χ3n) is 3.97. The summed E-state index contributed by atoms with van der Waals surface area (Å²) in [5.41, 5.74) is 1.30. The Morgan fingerprint density at radius 1 is 1.26 bits per heavy atom. The van der Waals surface area contributed by atoms with Gasteiger partial charge in [-0.3, -0.25) is 19.4 Å². The van der Waals surface area contributed by atoms with Crippen LogP contribution in [0.5, 0.6) is 11.5 Å². The molecule has 0 aromatic heterocycles. The van der Waals surface area contributed by atoms with Crippen molar-refractivity contribution < 1.29 is 19.1 Å². The molecule has 7 nitrogen and oxygen atoms in total. The summed E-state index contributed by atoms with van der Waals surface area (Å²) >= 11 is 5.08. The summed E-state index contributed by atoms with van der Waals surface area (Å²) in [6, 6.07) is 5.31. The van der Waals surface area contributed by atoms with Crippen molar-refractivity contribution in [2.24, 2.45) is 0 Å². The minimum atomic E-state index is -0.475. The number of hydrogen-bond donors (Lipinski definition) is 0. The highest BCUT2D eigenvalue weighted by atomic mass is 32.1. The Hall–Kier alpha value is -3.18. The maximum atomic E-state index is 12.5. The van der Waals surface area contributed by atoms with Crippen LogP contribution in [0, 0.1) is 11.3 Å². The lowest BCUT2D eigenvalue weighted by molar-refractivity contribution is -0.132. The fourth-order valence-electron chi connectivity index (χ4n) is 2.64. The highest BCUT2D eigenvalue weighted by Gasteiger charge is 2.35. The molecule has 1 heterocycles. The lowest BCUT2D eigenvalue weighted by Gasteiger charge is -2.31. The minimum absolute atomic E-state index is 0.00843. The van der Waals surface area contributed by atoms with E-state index < -0.39 is 11.8 Å². The van der Waals surface area contributed by atoms with Gasteiger partial charge in [-0.1, -0.05) is 6.08 Å². The highest BCUT2D eigenvalue weighted by molar-refractivity contribution is 7.80. The molecule has 2 amide bonds. The molecule has 0 aliphatic carbocycles. The molecular weight excluding hydrogens is 366 g/mol.